The summed E-state index contributed by atoms with van der Waals surface area (Å²) in [5, 5.41) is 3.73. The van der Waals surface area contributed by atoms with E-state index in [1.54, 1.807) is 24.3 Å². The Morgan fingerprint density at radius 3 is 2.89 bits per heavy atom. The summed E-state index contributed by atoms with van der Waals surface area (Å²) in [6, 6.07) is 5.02. The molecule has 1 aromatic carbocycles. The highest BCUT2D eigenvalue weighted by atomic mass is 35.5. The van der Waals surface area contributed by atoms with Gasteiger partial charge in [-0.2, -0.15) is 0 Å². The lowest BCUT2D eigenvalue weighted by Gasteiger charge is -2.25. The highest BCUT2D eigenvalue weighted by molar-refractivity contribution is 6.34. The van der Waals surface area contributed by atoms with Crippen LogP contribution in [0, 0.1) is 0 Å². The minimum atomic E-state index is -0.217. The Hall–Kier alpha value is -1.52. The molecule has 0 atom stereocenters. The molecule has 1 aromatic rings. The van der Waals surface area contributed by atoms with Crippen LogP contribution in [0.25, 0.3) is 6.08 Å². The smallest absolute Gasteiger partial charge is 0.247 e. The van der Waals surface area contributed by atoms with Crippen LogP contribution >= 0.6 is 23.2 Å². The van der Waals surface area contributed by atoms with E-state index in [1.165, 1.54) is 11.0 Å². The van der Waals surface area contributed by atoms with Crippen LogP contribution in [0.4, 0.5) is 0 Å². The van der Waals surface area contributed by atoms with Crippen LogP contribution in [0.5, 0.6) is 0 Å². The third-order valence-electron chi connectivity index (χ3n) is 2.71. The van der Waals surface area contributed by atoms with Crippen LogP contribution in [0.1, 0.15) is 5.56 Å². The maximum atomic E-state index is 11.9. The van der Waals surface area contributed by atoms with E-state index in [2.05, 4.69) is 5.32 Å². The first-order valence-corrected chi connectivity index (χ1v) is 6.50. The van der Waals surface area contributed by atoms with Crippen LogP contribution in [-0.2, 0) is 9.59 Å². The average molecular weight is 299 g/mol. The number of benzene rings is 1. The molecule has 100 valence electrons. The van der Waals surface area contributed by atoms with Gasteiger partial charge >= 0.3 is 0 Å². The van der Waals surface area contributed by atoms with E-state index in [4.69, 9.17) is 23.2 Å². The van der Waals surface area contributed by atoms with Crippen LogP contribution in [0.2, 0.25) is 10.0 Å². The summed E-state index contributed by atoms with van der Waals surface area (Å²) in [5.41, 5.74) is 0.670. The third-order valence-corrected chi connectivity index (χ3v) is 3.29. The van der Waals surface area contributed by atoms with Crippen LogP contribution in [0.15, 0.2) is 24.3 Å². The van der Waals surface area contributed by atoms with E-state index in [0.717, 1.165) is 0 Å². The molecule has 19 heavy (non-hydrogen) atoms. The number of carbonyl (C=O) groups excluding carboxylic acids is 2. The largest absolute Gasteiger partial charge is 0.353 e. The number of hydrogen-bond donors (Lipinski definition) is 1. The van der Waals surface area contributed by atoms with Crippen molar-refractivity contribution in [2.45, 2.75) is 0 Å². The second-order valence-electron chi connectivity index (χ2n) is 4.11. The van der Waals surface area contributed by atoms with E-state index in [-0.39, 0.29) is 18.4 Å². The molecule has 1 saturated heterocycles. The minimum Gasteiger partial charge on any atom is -0.353 e. The van der Waals surface area contributed by atoms with Crippen molar-refractivity contribution in [1.29, 1.82) is 0 Å². The van der Waals surface area contributed by atoms with Crippen molar-refractivity contribution in [1.82, 2.24) is 10.2 Å². The van der Waals surface area contributed by atoms with E-state index < -0.39 is 0 Å². The molecule has 1 fully saturated rings. The lowest BCUT2D eigenvalue weighted by Crippen LogP contribution is -2.49. The Kier molecular flexibility index (Phi) is 4.45. The molecule has 0 radical (unpaired) electrons. The number of nitrogens with one attached hydrogen (secondary N) is 1. The van der Waals surface area contributed by atoms with E-state index in [1.807, 2.05) is 0 Å². The van der Waals surface area contributed by atoms with Crippen molar-refractivity contribution >= 4 is 41.1 Å². The highest BCUT2D eigenvalue weighted by Gasteiger charge is 2.18. The van der Waals surface area contributed by atoms with Gasteiger partial charge in [0.25, 0.3) is 0 Å². The van der Waals surface area contributed by atoms with Gasteiger partial charge in [0.2, 0.25) is 11.8 Å². The highest BCUT2D eigenvalue weighted by Crippen LogP contribution is 2.21. The van der Waals surface area contributed by atoms with Gasteiger partial charge in [-0.15, -0.1) is 0 Å². The van der Waals surface area contributed by atoms with Crippen molar-refractivity contribution in [3.05, 3.63) is 39.9 Å². The van der Waals surface area contributed by atoms with E-state index >= 15 is 0 Å². The molecule has 4 nitrogen and oxygen atoms in total. The summed E-state index contributed by atoms with van der Waals surface area (Å²) in [6.45, 7) is 1.08. The molecular formula is C13H12Cl2N2O2. The number of carbonyl (C=O) groups is 2. The molecule has 0 bridgehead atoms. The Balaban J connectivity index is 2.07. The van der Waals surface area contributed by atoms with Gasteiger partial charge in [-0.05, 0) is 29.8 Å². The van der Waals surface area contributed by atoms with Gasteiger partial charge in [-0.3, -0.25) is 9.59 Å². The number of nitrogens with zero attached hydrogens (tertiary/aromatic N) is 1. The standard InChI is InChI=1S/C13H12Cl2N2O2/c14-10-2-3-11(15)9(7-10)1-4-13(19)17-6-5-16-12(18)8-17/h1-4,7H,5-6,8H2,(H,16,18)/b4-1+. The third kappa shape index (κ3) is 3.72. The summed E-state index contributed by atoms with van der Waals surface area (Å²) in [7, 11) is 0. The zero-order chi connectivity index (χ0) is 13.8. The Morgan fingerprint density at radius 1 is 1.37 bits per heavy atom. The zero-order valence-electron chi connectivity index (χ0n) is 10.0. The second kappa shape index (κ2) is 6.08. The number of rotatable bonds is 2. The first-order valence-electron chi connectivity index (χ1n) is 5.75. The lowest BCUT2D eigenvalue weighted by molar-refractivity contribution is -0.134. The predicted octanol–water partition coefficient (Wildman–Crippen LogP) is 1.97. The summed E-state index contributed by atoms with van der Waals surface area (Å²) in [6.07, 6.45) is 3.00. The molecule has 1 heterocycles. The number of hydrogen-bond acceptors (Lipinski definition) is 2. The SMILES string of the molecule is O=C1CN(C(=O)/C=C/c2cc(Cl)ccc2Cl)CCN1. The first-order chi connectivity index (χ1) is 9.06. The fraction of sp³-hybridized carbons (Fsp3) is 0.231. The van der Waals surface area contributed by atoms with Crippen molar-refractivity contribution in [2.75, 3.05) is 19.6 Å². The average Bonchev–Trinajstić information content (AvgIpc) is 2.39. The lowest BCUT2D eigenvalue weighted by atomic mass is 10.2. The number of piperazine rings is 1. The minimum absolute atomic E-state index is 0.0897. The van der Waals surface area contributed by atoms with Gasteiger partial charge in [0.15, 0.2) is 0 Å². The molecule has 1 N–H and O–H groups in total. The summed E-state index contributed by atoms with van der Waals surface area (Å²) < 4.78 is 0. The van der Waals surface area contributed by atoms with Crippen LogP contribution < -0.4 is 5.32 Å². The zero-order valence-corrected chi connectivity index (χ0v) is 11.5. The monoisotopic (exact) mass is 298 g/mol. The van der Waals surface area contributed by atoms with Crippen LogP contribution in [-0.4, -0.2) is 36.3 Å². The Labute approximate surface area is 121 Å². The van der Waals surface area contributed by atoms with Crippen molar-refractivity contribution < 1.29 is 9.59 Å². The van der Waals surface area contributed by atoms with Gasteiger partial charge in [-0.25, -0.2) is 0 Å². The predicted molar refractivity (Wildman–Crippen MR) is 75.1 cm³/mol. The maximum absolute atomic E-state index is 11.9. The molecular weight excluding hydrogens is 287 g/mol. The van der Waals surface area contributed by atoms with Crippen molar-refractivity contribution in [3.8, 4) is 0 Å². The fourth-order valence-corrected chi connectivity index (χ4v) is 2.10. The topological polar surface area (TPSA) is 49.4 Å². The molecule has 0 spiro atoms. The molecule has 2 rings (SSSR count). The van der Waals surface area contributed by atoms with E-state index in [9.17, 15) is 9.59 Å². The van der Waals surface area contributed by atoms with Crippen LogP contribution in [0.3, 0.4) is 0 Å². The molecule has 0 unspecified atom stereocenters. The van der Waals surface area contributed by atoms with Crippen molar-refractivity contribution in [3.63, 3.8) is 0 Å². The fourth-order valence-electron chi connectivity index (χ4n) is 1.74. The van der Waals surface area contributed by atoms with E-state index in [0.29, 0.717) is 28.7 Å². The van der Waals surface area contributed by atoms with Gasteiger partial charge in [-0.1, -0.05) is 23.2 Å². The molecule has 0 aromatic heterocycles. The Morgan fingerprint density at radius 2 is 2.16 bits per heavy atom. The molecule has 6 heteroatoms. The second-order valence-corrected chi connectivity index (χ2v) is 4.95. The van der Waals surface area contributed by atoms with Gasteiger partial charge in [0, 0.05) is 29.2 Å². The number of amides is 2. The van der Waals surface area contributed by atoms with Gasteiger partial charge in [0.1, 0.15) is 0 Å². The molecule has 1 aliphatic rings. The van der Waals surface area contributed by atoms with Gasteiger partial charge < -0.3 is 10.2 Å². The Bertz CT molecular complexity index is 543. The molecule has 0 saturated carbocycles. The maximum Gasteiger partial charge on any atom is 0.247 e. The summed E-state index contributed by atoms with van der Waals surface area (Å²) in [4.78, 5) is 24.6. The summed E-state index contributed by atoms with van der Waals surface area (Å²) in [5.74, 6) is -0.361. The molecule has 1 aliphatic heterocycles. The number of halogens is 2. The normalized spacial score (nSPS) is 15.7. The molecule has 0 aliphatic carbocycles. The molecule has 2 amide bonds. The quantitative estimate of drug-likeness (QED) is 0.849. The van der Waals surface area contributed by atoms with Crippen molar-refractivity contribution in [2.24, 2.45) is 0 Å². The summed E-state index contributed by atoms with van der Waals surface area (Å²) >= 11 is 11.8. The first kappa shape index (κ1) is 13.9. The van der Waals surface area contributed by atoms with Gasteiger partial charge in [0.05, 0.1) is 6.54 Å².